The number of carbonyl (C=O) groups excluding carboxylic acids is 2. The number of ketones is 1. The second-order valence-corrected chi connectivity index (χ2v) is 7.21. The zero-order valence-corrected chi connectivity index (χ0v) is 16.9. The molecule has 1 aliphatic rings. The average Bonchev–Trinajstić information content (AvgIpc) is 3.35. The van der Waals surface area contributed by atoms with Crippen molar-refractivity contribution in [3.8, 4) is 5.75 Å². The molecule has 1 unspecified atom stereocenters. The van der Waals surface area contributed by atoms with Gasteiger partial charge in [0.1, 0.15) is 5.75 Å². The van der Waals surface area contributed by atoms with Crippen LogP contribution in [0.2, 0.25) is 0 Å². The highest BCUT2D eigenvalue weighted by Gasteiger charge is 2.32. The van der Waals surface area contributed by atoms with E-state index in [4.69, 9.17) is 9.15 Å². The second kappa shape index (κ2) is 8.97. The SMILES string of the molecule is COc1ccc(C(=O)C(c2ccccc2)N2CCN(C(=O)c3ccco3)CC2)cc1. The Morgan fingerprint density at radius 2 is 1.60 bits per heavy atom. The molecular formula is C24H24N2O4. The standard InChI is InChI=1S/C24H24N2O4/c1-29-20-11-9-19(10-12-20)23(27)22(18-6-3-2-4-7-18)25-13-15-26(16-14-25)24(28)21-8-5-17-30-21/h2-12,17,22H,13-16H2,1H3. The van der Waals surface area contributed by atoms with Crippen LogP contribution in [0.4, 0.5) is 0 Å². The summed E-state index contributed by atoms with van der Waals surface area (Å²) in [5, 5.41) is 0. The van der Waals surface area contributed by atoms with Gasteiger partial charge in [-0.15, -0.1) is 0 Å². The molecule has 4 rings (SSSR count). The van der Waals surface area contributed by atoms with E-state index in [1.54, 1.807) is 48.4 Å². The Labute approximate surface area is 175 Å². The molecule has 1 fully saturated rings. The predicted molar refractivity (Wildman–Crippen MR) is 113 cm³/mol. The number of hydrogen-bond acceptors (Lipinski definition) is 5. The number of ether oxygens (including phenoxy) is 1. The van der Waals surface area contributed by atoms with Crippen molar-refractivity contribution in [2.45, 2.75) is 6.04 Å². The van der Waals surface area contributed by atoms with Crippen molar-refractivity contribution in [2.24, 2.45) is 0 Å². The smallest absolute Gasteiger partial charge is 0.289 e. The van der Waals surface area contributed by atoms with Crippen molar-refractivity contribution < 1.29 is 18.7 Å². The number of rotatable bonds is 6. The quantitative estimate of drug-likeness (QED) is 0.587. The zero-order chi connectivity index (χ0) is 20.9. The molecule has 2 aromatic carbocycles. The minimum absolute atomic E-state index is 0.0367. The first-order valence-corrected chi connectivity index (χ1v) is 9.97. The van der Waals surface area contributed by atoms with Crippen molar-refractivity contribution in [2.75, 3.05) is 33.3 Å². The maximum atomic E-state index is 13.5. The third kappa shape index (κ3) is 4.14. The average molecular weight is 404 g/mol. The number of hydrogen-bond donors (Lipinski definition) is 0. The van der Waals surface area contributed by atoms with Crippen LogP contribution in [0, 0.1) is 0 Å². The van der Waals surface area contributed by atoms with E-state index in [9.17, 15) is 9.59 Å². The molecule has 0 bridgehead atoms. The summed E-state index contributed by atoms with van der Waals surface area (Å²) < 4.78 is 10.4. The largest absolute Gasteiger partial charge is 0.497 e. The molecule has 3 aromatic rings. The van der Waals surface area contributed by atoms with Crippen molar-refractivity contribution >= 4 is 11.7 Å². The summed E-state index contributed by atoms with van der Waals surface area (Å²) in [4.78, 5) is 29.9. The minimum atomic E-state index is -0.402. The van der Waals surface area contributed by atoms with E-state index in [1.165, 1.54) is 6.26 Å². The molecule has 30 heavy (non-hydrogen) atoms. The number of Topliss-reactive ketones (excluding diaryl/α,β-unsaturated/α-hetero) is 1. The van der Waals surface area contributed by atoms with E-state index < -0.39 is 6.04 Å². The van der Waals surface area contributed by atoms with E-state index in [0.29, 0.717) is 43.3 Å². The van der Waals surface area contributed by atoms with Crippen molar-refractivity contribution in [3.05, 3.63) is 89.9 Å². The van der Waals surface area contributed by atoms with Crippen LogP contribution < -0.4 is 4.74 Å². The number of methoxy groups -OCH3 is 1. The van der Waals surface area contributed by atoms with Gasteiger partial charge >= 0.3 is 0 Å². The molecule has 1 aliphatic heterocycles. The summed E-state index contributed by atoms with van der Waals surface area (Å²) >= 11 is 0. The summed E-state index contributed by atoms with van der Waals surface area (Å²) in [5.74, 6) is 0.984. The highest BCUT2D eigenvalue weighted by atomic mass is 16.5. The lowest BCUT2D eigenvalue weighted by molar-refractivity contribution is 0.0510. The van der Waals surface area contributed by atoms with Crippen LogP contribution in [0.1, 0.15) is 32.5 Å². The molecular weight excluding hydrogens is 380 g/mol. The topological polar surface area (TPSA) is 63.0 Å². The summed E-state index contributed by atoms with van der Waals surface area (Å²) in [5.41, 5.74) is 1.59. The Balaban J connectivity index is 1.53. The summed E-state index contributed by atoms with van der Waals surface area (Å²) in [6.07, 6.45) is 1.50. The van der Waals surface area contributed by atoms with Gasteiger partial charge in [-0.1, -0.05) is 30.3 Å². The van der Waals surface area contributed by atoms with Crippen LogP contribution in [-0.4, -0.2) is 54.8 Å². The lowest BCUT2D eigenvalue weighted by atomic mass is 9.95. The highest BCUT2D eigenvalue weighted by Crippen LogP contribution is 2.27. The number of nitrogens with zero attached hydrogens (tertiary/aromatic N) is 2. The molecule has 0 aliphatic carbocycles. The summed E-state index contributed by atoms with van der Waals surface area (Å²) in [6.45, 7) is 2.29. The fourth-order valence-electron chi connectivity index (χ4n) is 3.82. The van der Waals surface area contributed by atoms with Gasteiger partial charge in [-0.25, -0.2) is 0 Å². The third-order valence-electron chi connectivity index (χ3n) is 5.44. The molecule has 154 valence electrons. The third-order valence-corrected chi connectivity index (χ3v) is 5.44. The Morgan fingerprint density at radius 3 is 2.20 bits per heavy atom. The van der Waals surface area contributed by atoms with Gasteiger partial charge in [0, 0.05) is 31.7 Å². The van der Waals surface area contributed by atoms with Crippen molar-refractivity contribution in [1.82, 2.24) is 9.80 Å². The molecule has 1 amide bonds. The van der Waals surface area contributed by atoms with Crippen molar-refractivity contribution in [3.63, 3.8) is 0 Å². The minimum Gasteiger partial charge on any atom is -0.497 e. The lowest BCUT2D eigenvalue weighted by Crippen LogP contribution is -2.51. The maximum Gasteiger partial charge on any atom is 0.289 e. The molecule has 2 heterocycles. The number of piperazine rings is 1. The van der Waals surface area contributed by atoms with Gasteiger partial charge < -0.3 is 14.1 Å². The van der Waals surface area contributed by atoms with E-state index in [0.717, 1.165) is 5.56 Å². The molecule has 0 N–H and O–H groups in total. The fourth-order valence-corrected chi connectivity index (χ4v) is 3.82. The van der Waals surface area contributed by atoms with Gasteiger partial charge in [0.05, 0.1) is 19.4 Å². The van der Waals surface area contributed by atoms with Crippen LogP contribution in [0.15, 0.2) is 77.4 Å². The zero-order valence-electron chi connectivity index (χ0n) is 16.9. The van der Waals surface area contributed by atoms with Gasteiger partial charge in [-0.2, -0.15) is 0 Å². The van der Waals surface area contributed by atoms with E-state index in [-0.39, 0.29) is 11.7 Å². The van der Waals surface area contributed by atoms with Crippen LogP contribution in [0.3, 0.4) is 0 Å². The summed E-state index contributed by atoms with van der Waals surface area (Å²) in [6, 6.07) is 20.0. The van der Waals surface area contributed by atoms with Crippen LogP contribution in [0.25, 0.3) is 0 Å². The van der Waals surface area contributed by atoms with Crippen LogP contribution in [0.5, 0.6) is 5.75 Å². The Morgan fingerprint density at radius 1 is 0.900 bits per heavy atom. The first-order valence-electron chi connectivity index (χ1n) is 9.97. The normalized spacial score (nSPS) is 15.6. The van der Waals surface area contributed by atoms with Crippen molar-refractivity contribution in [1.29, 1.82) is 0 Å². The van der Waals surface area contributed by atoms with Gasteiger partial charge in [-0.05, 0) is 42.0 Å². The molecule has 0 saturated carbocycles. The molecule has 1 aromatic heterocycles. The molecule has 0 spiro atoms. The molecule has 6 heteroatoms. The van der Waals surface area contributed by atoms with Crippen LogP contribution >= 0.6 is 0 Å². The van der Waals surface area contributed by atoms with E-state index >= 15 is 0 Å². The van der Waals surface area contributed by atoms with E-state index in [1.807, 2.05) is 30.3 Å². The highest BCUT2D eigenvalue weighted by molar-refractivity contribution is 6.00. The predicted octanol–water partition coefficient (Wildman–Crippen LogP) is 3.67. The number of carbonyl (C=O) groups is 2. The van der Waals surface area contributed by atoms with Crippen LogP contribution in [-0.2, 0) is 0 Å². The Hall–Kier alpha value is -3.38. The van der Waals surface area contributed by atoms with Gasteiger partial charge in [0.15, 0.2) is 11.5 Å². The number of amides is 1. The monoisotopic (exact) mass is 404 g/mol. The maximum absolute atomic E-state index is 13.5. The lowest BCUT2D eigenvalue weighted by Gasteiger charge is -2.38. The summed E-state index contributed by atoms with van der Waals surface area (Å²) in [7, 11) is 1.60. The Bertz CT molecular complexity index is 976. The fraction of sp³-hybridized carbons (Fsp3) is 0.250. The van der Waals surface area contributed by atoms with Gasteiger partial charge in [0.2, 0.25) is 0 Å². The number of furan rings is 1. The number of benzene rings is 2. The first kappa shape index (κ1) is 19.9. The molecule has 1 atom stereocenters. The second-order valence-electron chi connectivity index (χ2n) is 7.21. The molecule has 0 radical (unpaired) electrons. The first-order chi connectivity index (χ1) is 14.7. The van der Waals surface area contributed by atoms with Gasteiger partial charge in [-0.3, -0.25) is 14.5 Å². The Kier molecular flexibility index (Phi) is 5.95. The van der Waals surface area contributed by atoms with E-state index in [2.05, 4.69) is 4.90 Å². The van der Waals surface area contributed by atoms with Gasteiger partial charge in [0.25, 0.3) is 5.91 Å². The molecule has 6 nitrogen and oxygen atoms in total. The molecule has 1 saturated heterocycles.